The molecule has 2 rings (SSSR count). The first kappa shape index (κ1) is 15.1. The second kappa shape index (κ2) is 7.50. The Hall–Kier alpha value is -2.27. The Morgan fingerprint density at radius 1 is 1.29 bits per heavy atom. The van der Waals surface area contributed by atoms with Crippen molar-refractivity contribution in [1.29, 1.82) is 0 Å². The molecule has 21 heavy (non-hydrogen) atoms. The number of rotatable bonds is 7. The number of carbonyl (C=O) groups is 1. The molecule has 0 spiro atoms. The number of aliphatic hydroxyl groups is 1. The number of nitrogens with one attached hydrogen (secondary N) is 1. The average Bonchev–Trinajstić information content (AvgIpc) is 2.95. The Kier molecular flexibility index (Phi) is 5.40. The smallest absolute Gasteiger partial charge is 0.290 e. The number of aliphatic hydroxyl groups excluding tert-OH is 1. The third kappa shape index (κ3) is 4.65. The van der Waals surface area contributed by atoms with Crippen molar-refractivity contribution in [1.82, 2.24) is 5.32 Å². The Labute approximate surface area is 123 Å². The van der Waals surface area contributed by atoms with E-state index in [0.717, 1.165) is 0 Å². The van der Waals surface area contributed by atoms with Crippen molar-refractivity contribution in [3.63, 3.8) is 0 Å². The Bertz CT molecular complexity index is 565. The summed E-state index contributed by atoms with van der Waals surface area (Å²) in [5.74, 6) is 1.05. The van der Waals surface area contributed by atoms with Crippen molar-refractivity contribution in [2.75, 3.05) is 13.2 Å². The maximum Gasteiger partial charge on any atom is 0.290 e. The van der Waals surface area contributed by atoms with E-state index in [0.29, 0.717) is 18.7 Å². The zero-order valence-electron chi connectivity index (χ0n) is 11.9. The summed E-state index contributed by atoms with van der Waals surface area (Å²) in [7, 11) is 0. The van der Waals surface area contributed by atoms with Gasteiger partial charge in [0.1, 0.15) is 5.75 Å². The first-order valence-corrected chi connectivity index (χ1v) is 6.91. The highest BCUT2D eigenvalue weighted by Gasteiger charge is 2.13. The number of ether oxygens (including phenoxy) is 1. The fourth-order valence-corrected chi connectivity index (χ4v) is 1.78. The van der Waals surface area contributed by atoms with Gasteiger partial charge in [0.25, 0.3) is 11.9 Å². The second-order valence-corrected chi connectivity index (χ2v) is 4.86. The Morgan fingerprint density at radius 2 is 2.05 bits per heavy atom. The molecule has 0 bridgehead atoms. The van der Waals surface area contributed by atoms with Gasteiger partial charge in [-0.25, -0.2) is 0 Å². The Balaban J connectivity index is 1.89. The van der Waals surface area contributed by atoms with Crippen LogP contribution in [0.2, 0.25) is 0 Å². The molecule has 5 heteroatoms. The van der Waals surface area contributed by atoms with E-state index in [2.05, 4.69) is 5.32 Å². The van der Waals surface area contributed by atoms with Gasteiger partial charge in [0.15, 0.2) is 5.76 Å². The van der Waals surface area contributed by atoms with Crippen LogP contribution < -0.4 is 10.1 Å². The minimum atomic E-state index is -0.289. The normalized spacial score (nSPS) is 11.9. The predicted octanol–water partition coefficient (Wildman–Crippen LogP) is 2.82. The van der Waals surface area contributed by atoms with Crippen LogP contribution in [0.15, 0.2) is 46.9 Å². The zero-order chi connectivity index (χ0) is 15.1. The van der Waals surface area contributed by atoms with Crippen LogP contribution in [-0.2, 0) is 0 Å². The molecule has 0 aliphatic heterocycles. The average molecular weight is 289 g/mol. The van der Waals surface area contributed by atoms with Gasteiger partial charge in [0, 0.05) is 19.2 Å². The monoisotopic (exact) mass is 289 g/mol. The summed E-state index contributed by atoms with van der Waals surface area (Å²) in [6, 6.07) is 12.4. The van der Waals surface area contributed by atoms with Crippen molar-refractivity contribution in [2.45, 2.75) is 13.3 Å². The molecule has 1 heterocycles. The lowest BCUT2D eigenvalue weighted by molar-refractivity contribution is 0.0912. The summed E-state index contributed by atoms with van der Waals surface area (Å²) in [4.78, 5) is 11.9. The lowest BCUT2D eigenvalue weighted by Crippen LogP contribution is -2.28. The van der Waals surface area contributed by atoms with Crippen LogP contribution in [0.1, 0.15) is 23.9 Å². The lowest BCUT2D eigenvalue weighted by atomic mass is 10.1. The number of hydrogen-bond acceptors (Lipinski definition) is 4. The molecular formula is C16H19NO4. The van der Waals surface area contributed by atoms with E-state index >= 15 is 0 Å². The molecule has 1 amide bonds. The molecule has 2 N–H and O–H groups in total. The van der Waals surface area contributed by atoms with Crippen molar-refractivity contribution < 1.29 is 19.1 Å². The molecule has 1 aromatic heterocycles. The highest BCUT2D eigenvalue weighted by atomic mass is 16.6. The summed E-state index contributed by atoms with van der Waals surface area (Å²) >= 11 is 0. The first-order chi connectivity index (χ1) is 10.2. The number of amides is 1. The lowest BCUT2D eigenvalue weighted by Gasteiger charge is -2.09. The molecule has 0 aliphatic carbocycles. The van der Waals surface area contributed by atoms with Crippen LogP contribution >= 0.6 is 0 Å². The molecule has 0 radical (unpaired) electrons. The van der Waals surface area contributed by atoms with Crippen LogP contribution in [0.25, 0.3) is 0 Å². The van der Waals surface area contributed by atoms with Crippen molar-refractivity contribution in [2.24, 2.45) is 5.92 Å². The highest BCUT2D eigenvalue weighted by Crippen LogP contribution is 2.23. The zero-order valence-corrected chi connectivity index (χ0v) is 11.9. The van der Waals surface area contributed by atoms with Gasteiger partial charge < -0.3 is 19.6 Å². The largest absolute Gasteiger partial charge is 0.426 e. The number of benzene rings is 1. The predicted molar refractivity (Wildman–Crippen MR) is 78.4 cm³/mol. The molecule has 1 aromatic carbocycles. The van der Waals surface area contributed by atoms with Gasteiger partial charge in [-0.2, -0.15) is 0 Å². The molecule has 0 saturated heterocycles. The van der Waals surface area contributed by atoms with Crippen LogP contribution in [0.5, 0.6) is 11.7 Å². The van der Waals surface area contributed by atoms with Gasteiger partial charge >= 0.3 is 0 Å². The van der Waals surface area contributed by atoms with Gasteiger partial charge in [-0.15, -0.1) is 0 Å². The van der Waals surface area contributed by atoms with E-state index in [-0.39, 0.29) is 30.1 Å². The maximum atomic E-state index is 11.9. The van der Waals surface area contributed by atoms with Gasteiger partial charge in [-0.3, -0.25) is 4.79 Å². The highest BCUT2D eigenvalue weighted by molar-refractivity contribution is 5.91. The number of hydrogen-bond donors (Lipinski definition) is 2. The summed E-state index contributed by atoms with van der Waals surface area (Å²) in [5, 5.41) is 11.6. The second-order valence-electron chi connectivity index (χ2n) is 4.86. The third-order valence-corrected chi connectivity index (χ3v) is 3.00. The van der Waals surface area contributed by atoms with Crippen LogP contribution in [0.4, 0.5) is 0 Å². The molecule has 1 atom stereocenters. The van der Waals surface area contributed by atoms with E-state index in [1.54, 1.807) is 24.3 Å². The maximum absolute atomic E-state index is 11.9. The fraction of sp³-hybridized carbons (Fsp3) is 0.312. The van der Waals surface area contributed by atoms with Crippen molar-refractivity contribution >= 4 is 5.91 Å². The van der Waals surface area contributed by atoms with Crippen LogP contribution in [0, 0.1) is 5.92 Å². The molecule has 1 unspecified atom stereocenters. The Morgan fingerprint density at radius 3 is 2.76 bits per heavy atom. The molecule has 5 nitrogen and oxygen atoms in total. The SMILES string of the molecule is CC(CCO)CNC(=O)c1ccc(Oc2ccccc2)o1. The van der Waals surface area contributed by atoms with Gasteiger partial charge in [-0.1, -0.05) is 25.1 Å². The van der Waals surface area contributed by atoms with E-state index in [1.807, 2.05) is 25.1 Å². The van der Waals surface area contributed by atoms with Crippen molar-refractivity contribution in [3.8, 4) is 11.7 Å². The molecule has 0 fully saturated rings. The van der Waals surface area contributed by atoms with Gasteiger partial charge in [0.2, 0.25) is 0 Å². The molecule has 0 aliphatic rings. The summed E-state index contributed by atoms with van der Waals surface area (Å²) in [6.45, 7) is 2.57. The number of para-hydroxylation sites is 1. The third-order valence-electron chi connectivity index (χ3n) is 3.00. The fourth-order valence-electron chi connectivity index (χ4n) is 1.78. The van der Waals surface area contributed by atoms with E-state index in [1.165, 1.54) is 0 Å². The van der Waals surface area contributed by atoms with E-state index in [4.69, 9.17) is 14.3 Å². The van der Waals surface area contributed by atoms with E-state index < -0.39 is 0 Å². The molecular weight excluding hydrogens is 270 g/mol. The molecule has 0 saturated carbocycles. The molecule has 112 valence electrons. The number of carbonyl (C=O) groups excluding carboxylic acids is 1. The summed E-state index contributed by atoms with van der Waals surface area (Å²) in [6.07, 6.45) is 0.654. The van der Waals surface area contributed by atoms with Gasteiger partial charge in [-0.05, 0) is 30.5 Å². The van der Waals surface area contributed by atoms with E-state index in [9.17, 15) is 4.79 Å². The van der Waals surface area contributed by atoms with Gasteiger partial charge in [0.05, 0.1) is 0 Å². The quantitative estimate of drug-likeness (QED) is 0.822. The summed E-state index contributed by atoms with van der Waals surface area (Å²) < 4.78 is 10.9. The van der Waals surface area contributed by atoms with Crippen LogP contribution in [-0.4, -0.2) is 24.2 Å². The van der Waals surface area contributed by atoms with Crippen LogP contribution in [0.3, 0.4) is 0 Å². The topological polar surface area (TPSA) is 71.7 Å². The minimum absolute atomic E-state index is 0.118. The first-order valence-electron chi connectivity index (χ1n) is 6.91. The molecule has 2 aromatic rings. The number of furan rings is 1. The standard InChI is InChI=1S/C16H19NO4/c1-12(9-10-18)11-17-16(19)14-7-8-15(21-14)20-13-5-3-2-4-6-13/h2-8,12,18H,9-11H2,1H3,(H,17,19). The minimum Gasteiger partial charge on any atom is -0.426 e. The van der Waals surface area contributed by atoms with Crippen molar-refractivity contribution in [3.05, 3.63) is 48.2 Å². The summed E-state index contributed by atoms with van der Waals surface area (Å²) in [5.41, 5.74) is 0.